The number of unbranched alkanes of at least 4 members (excludes halogenated alkanes) is 3. The molecule has 0 rings (SSSR count). The predicted octanol–water partition coefficient (Wildman–Crippen LogP) is 3.83. The summed E-state index contributed by atoms with van der Waals surface area (Å²) in [7, 11) is 0. The molecule has 1 atom stereocenters. The third-order valence-electron chi connectivity index (χ3n) is 2.75. The van der Waals surface area contributed by atoms with Gasteiger partial charge >= 0.3 is 6.09 Å². The summed E-state index contributed by atoms with van der Waals surface area (Å²) in [5.41, 5.74) is -0.461. The zero-order valence-electron chi connectivity index (χ0n) is 12.8. The number of ether oxygens (including phenoxy) is 1. The highest BCUT2D eigenvalue weighted by Crippen LogP contribution is 2.12. The van der Waals surface area contributed by atoms with E-state index < -0.39 is 5.60 Å². The Labute approximate surface area is 117 Å². The van der Waals surface area contributed by atoms with Crippen molar-refractivity contribution in [3.8, 4) is 0 Å². The van der Waals surface area contributed by atoms with Gasteiger partial charge in [0.2, 0.25) is 0 Å². The highest BCUT2D eigenvalue weighted by atomic mass is 16.6. The lowest BCUT2D eigenvalue weighted by Crippen LogP contribution is -2.39. The van der Waals surface area contributed by atoms with Crippen molar-refractivity contribution in [3.63, 3.8) is 0 Å². The normalized spacial score (nSPS) is 12.8. The van der Waals surface area contributed by atoms with Gasteiger partial charge in [-0.3, -0.25) is 0 Å². The summed E-state index contributed by atoms with van der Waals surface area (Å²) in [5, 5.41) is 2.94. The minimum absolute atomic E-state index is 0.154. The van der Waals surface area contributed by atoms with E-state index >= 15 is 0 Å². The van der Waals surface area contributed by atoms with E-state index in [1.54, 1.807) is 0 Å². The second-order valence-electron chi connectivity index (χ2n) is 5.94. The quantitative estimate of drug-likeness (QED) is 0.512. The standard InChI is InChI=1S/C15H29NO3/c1-5-6-10-13(11-8-7-9-12-17)16-14(18)19-15(2,3)4/h12-13H,5-11H2,1-4H3,(H,16,18). The summed E-state index contributed by atoms with van der Waals surface area (Å²) in [5.74, 6) is 0. The van der Waals surface area contributed by atoms with Gasteiger partial charge in [-0.05, 0) is 40.0 Å². The molecular weight excluding hydrogens is 242 g/mol. The van der Waals surface area contributed by atoms with Crippen molar-refractivity contribution in [1.82, 2.24) is 5.32 Å². The molecule has 112 valence electrons. The third kappa shape index (κ3) is 11.7. The molecule has 0 aromatic carbocycles. The van der Waals surface area contributed by atoms with Gasteiger partial charge in [0.15, 0.2) is 0 Å². The van der Waals surface area contributed by atoms with Gasteiger partial charge in [-0.15, -0.1) is 0 Å². The van der Waals surface area contributed by atoms with Crippen LogP contribution in [0.15, 0.2) is 0 Å². The first-order chi connectivity index (χ1) is 8.89. The largest absolute Gasteiger partial charge is 0.444 e. The highest BCUT2D eigenvalue weighted by Gasteiger charge is 2.19. The molecule has 0 spiro atoms. The average Bonchev–Trinajstić information content (AvgIpc) is 2.28. The fourth-order valence-corrected chi connectivity index (χ4v) is 1.83. The summed E-state index contributed by atoms with van der Waals surface area (Å²) in [6.45, 7) is 7.71. The van der Waals surface area contributed by atoms with Crippen molar-refractivity contribution in [2.24, 2.45) is 0 Å². The smallest absolute Gasteiger partial charge is 0.407 e. The number of carbonyl (C=O) groups excluding carboxylic acids is 2. The number of amides is 1. The fraction of sp³-hybridized carbons (Fsp3) is 0.867. The summed E-state index contributed by atoms with van der Waals surface area (Å²) in [6.07, 6.45) is 7.14. The maximum atomic E-state index is 11.7. The predicted molar refractivity (Wildman–Crippen MR) is 77.2 cm³/mol. The van der Waals surface area contributed by atoms with Crippen LogP contribution in [0.5, 0.6) is 0 Å². The van der Waals surface area contributed by atoms with Gasteiger partial charge in [-0.25, -0.2) is 4.79 Å². The molecule has 1 unspecified atom stereocenters. The number of nitrogens with one attached hydrogen (secondary N) is 1. The van der Waals surface area contributed by atoms with E-state index in [9.17, 15) is 9.59 Å². The molecule has 1 N–H and O–H groups in total. The molecule has 0 aliphatic heterocycles. The third-order valence-corrected chi connectivity index (χ3v) is 2.75. The summed E-state index contributed by atoms with van der Waals surface area (Å²) in [4.78, 5) is 22.0. The van der Waals surface area contributed by atoms with E-state index in [0.717, 1.165) is 44.8 Å². The van der Waals surface area contributed by atoms with Gasteiger partial charge in [0.1, 0.15) is 11.9 Å². The van der Waals surface area contributed by atoms with Crippen molar-refractivity contribution in [2.45, 2.75) is 84.3 Å². The Morgan fingerprint density at radius 2 is 1.84 bits per heavy atom. The second kappa shape index (κ2) is 9.82. The lowest BCUT2D eigenvalue weighted by Gasteiger charge is -2.23. The molecule has 0 saturated heterocycles. The van der Waals surface area contributed by atoms with Crippen LogP contribution in [0, 0.1) is 0 Å². The lowest BCUT2D eigenvalue weighted by molar-refractivity contribution is -0.107. The molecule has 4 nitrogen and oxygen atoms in total. The Balaban J connectivity index is 4.10. The first-order valence-electron chi connectivity index (χ1n) is 7.32. The van der Waals surface area contributed by atoms with Crippen LogP contribution in [-0.4, -0.2) is 24.0 Å². The second-order valence-corrected chi connectivity index (χ2v) is 5.94. The minimum atomic E-state index is -0.461. The molecule has 0 aliphatic rings. The van der Waals surface area contributed by atoms with Crippen LogP contribution in [0.25, 0.3) is 0 Å². The van der Waals surface area contributed by atoms with E-state index in [0.29, 0.717) is 6.42 Å². The van der Waals surface area contributed by atoms with Crippen LogP contribution in [0.3, 0.4) is 0 Å². The van der Waals surface area contributed by atoms with Crippen molar-refractivity contribution in [2.75, 3.05) is 0 Å². The van der Waals surface area contributed by atoms with Crippen LogP contribution < -0.4 is 5.32 Å². The zero-order valence-corrected chi connectivity index (χ0v) is 12.8. The molecule has 0 radical (unpaired) electrons. The molecule has 0 aromatic heterocycles. The number of hydrogen-bond donors (Lipinski definition) is 1. The van der Waals surface area contributed by atoms with Crippen molar-refractivity contribution in [1.29, 1.82) is 0 Å². The molecule has 19 heavy (non-hydrogen) atoms. The number of aldehydes is 1. The molecule has 0 fully saturated rings. The first kappa shape index (κ1) is 17.9. The number of rotatable bonds is 9. The Hall–Kier alpha value is -1.06. The van der Waals surface area contributed by atoms with Crippen LogP contribution in [0.4, 0.5) is 4.79 Å². The maximum Gasteiger partial charge on any atom is 0.407 e. The summed E-state index contributed by atoms with van der Waals surface area (Å²) in [6, 6.07) is 0.154. The molecule has 0 saturated carbocycles. The fourth-order valence-electron chi connectivity index (χ4n) is 1.83. The van der Waals surface area contributed by atoms with Gasteiger partial charge in [0.05, 0.1) is 0 Å². The molecule has 1 amide bonds. The van der Waals surface area contributed by atoms with Gasteiger partial charge in [-0.2, -0.15) is 0 Å². The molecule has 0 aromatic rings. The minimum Gasteiger partial charge on any atom is -0.444 e. The Morgan fingerprint density at radius 3 is 2.37 bits per heavy atom. The van der Waals surface area contributed by atoms with Gasteiger partial charge in [0, 0.05) is 12.5 Å². The van der Waals surface area contributed by atoms with E-state index in [1.165, 1.54) is 0 Å². The molecule has 0 aliphatic carbocycles. The lowest BCUT2D eigenvalue weighted by atomic mass is 10.0. The van der Waals surface area contributed by atoms with Gasteiger partial charge < -0.3 is 14.8 Å². The van der Waals surface area contributed by atoms with Crippen LogP contribution >= 0.6 is 0 Å². The Morgan fingerprint density at radius 1 is 1.21 bits per heavy atom. The summed E-state index contributed by atoms with van der Waals surface area (Å²) >= 11 is 0. The first-order valence-corrected chi connectivity index (χ1v) is 7.32. The van der Waals surface area contributed by atoms with Crippen LogP contribution in [0.2, 0.25) is 0 Å². The molecule has 4 heteroatoms. The van der Waals surface area contributed by atoms with Crippen LogP contribution in [-0.2, 0) is 9.53 Å². The van der Waals surface area contributed by atoms with Crippen LogP contribution in [0.1, 0.15) is 72.6 Å². The van der Waals surface area contributed by atoms with Crippen molar-refractivity contribution in [3.05, 3.63) is 0 Å². The number of alkyl carbamates (subject to hydrolysis) is 1. The molecule has 0 bridgehead atoms. The van der Waals surface area contributed by atoms with E-state index in [4.69, 9.17) is 4.74 Å². The van der Waals surface area contributed by atoms with Crippen molar-refractivity contribution < 1.29 is 14.3 Å². The highest BCUT2D eigenvalue weighted by molar-refractivity contribution is 5.68. The number of hydrogen-bond acceptors (Lipinski definition) is 3. The van der Waals surface area contributed by atoms with E-state index in [-0.39, 0.29) is 12.1 Å². The molecular formula is C15H29NO3. The van der Waals surface area contributed by atoms with Crippen molar-refractivity contribution >= 4 is 12.4 Å². The zero-order chi connectivity index (χ0) is 14.7. The molecule has 0 heterocycles. The Kier molecular flexibility index (Phi) is 9.27. The van der Waals surface area contributed by atoms with E-state index in [2.05, 4.69) is 12.2 Å². The van der Waals surface area contributed by atoms with Gasteiger partial charge in [-0.1, -0.05) is 26.2 Å². The Bertz CT molecular complexity index is 259. The van der Waals surface area contributed by atoms with E-state index in [1.807, 2.05) is 20.8 Å². The maximum absolute atomic E-state index is 11.7. The van der Waals surface area contributed by atoms with Gasteiger partial charge in [0.25, 0.3) is 0 Å². The summed E-state index contributed by atoms with van der Waals surface area (Å²) < 4.78 is 5.27. The monoisotopic (exact) mass is 271 g/mol. The average molecular weight is 271 g/mol. The topological polar surface area (TPSA) is 55.4 Å². The SMILES string of the molecule is CCCCC(CCCCC=O)NC(=O)OC(C)(C)C. The number of carbonyl (C=O) groups is 2.